The number of benzene rings is 2. The number of hydrogen-bond donors (Lipinski definition) is 1. The van der Waals surface area contributed by atoms with Gasteiger partial charge in [0.1, 0.15) is 5.75 Å². The molecule has 0 saturated heterocycles. The van der Waals surface area contributed by atoms with E-state index in [9.17, 15) is 19.7 Å². The second kappa shape index (κ2) is 6.83. The predicted molar refractivity (Wildman–Crippen MR) is 94.2 cm³/mol. The summed E-state index contributed by atoms with van der Waals surface area (Å²) in [7, 11) is 1.63. The number of fused-ring (bicyclic) bond motifs is 1. The summed E-state index contributed by atoms with van der Waals surface area (Å²) in [4.78, 5) is 36.1. The minimum atomic E-state index is -0.465. The Bertz CT molecular complexity index is 896. The number of anilines is 1. The number of amides is 2. The Labute approximate surface area is 149 Å². The molecule has 1 N–H and O–H groups in total. The van der Waals surface area contributed by atoms with Crippen molar-refractivity contribution in [2.45, 2.75) is 13.0 Å². The summed E-state index contributed by atoms with van der Waals surface area (Å²) in [5.74, 6) is -0.0628. The van der Waals surface area contributed by atoms with Gasteiger partial charge in [0.25, 0.3) is 17.5 Å². The first-order valence-corrected chi connectivity index (χ1v) is 7.95. The highest BCUT2D eigenvalue weighted by Crippen LogP contribution is 2.30. The van der Waals surface area contributed by atoms with Crippen LogP contribution in [0.15, 0.2) is 42.5 Å². The molecule has 8 nitrogen and oxygen atoms in total. The first-order valence-electron chi connectivity index (χ1n) is 7.95. The summed E-state index contributed by atoms with van der Waals surface area (Å²) in [6.45, 7) is 1.71. The molecule has 0 aromatic heterocycles. The zero-order valence-corrected chi connectivity index (χ0v) is 14.3. The molecule has 0 saturated carbocycles. The zero-order chi connectivity index (χ0) is 18.8. The normalized spacial score (nSPS) is 13.8. The maximum Gasteiger partial charge on any atom is 0.269 e. The van der Waals surface area contributed by atoms with E-state index >= 15 is 0 Å². The minimum absolute atomic E-state index is 0.0203. The maximum absolute atomic E-state index is 12.8. The summed E-state index contributed by atoms with van der Waals surface area (Å²) < 4.78 is 5.34. The summed E-state index contributed by atoms with van der Waals surface area (Å²) in [5, 5.41) is 13.6. The van der Waals surface area contributed by atoms with Crippen molar-refractivity contribution in [1.29, 1.82) is 0 Å². The molecule has 0 spiro atoms. The standard InChI is InChI=1S/C18H17N3O5/c1-11(12-4-3-5-14(8-12)21(24)25)20(2)18(23)13-6-7-15-16(9-13)26-10-17(22)19-15/h3-9,11H,10H2,1-2H3,(H,19,22). The van der Waals surface area contributed by atoms with E-state index in [4.69, 9.17) is 4.74 Å². The van der Waals surface area contributed by atoms with Gasteiger partial charge in [0.15, 0.2) is 6.61 Å². The van der Waals surface area contributed by atoms with E-state index in [2.05, 4.69) is 5.32 Å². The fourth-order valence-electron chi connectivity index (χ4n) is 2.71. The molecule has 1 atom stereocenters. The fourth-order valence-corrected chi connectivity index (χ4v) is 2.71. The molecule has 8 heteroatoms. The second-order valence-electron chi connectivity index (χ2n) is 5.99. The number of nitrogens with one attached hydrogen (secondary N) is 1. The Morgan fingerprint density at radius 3 is 2.81 bits per heavy atom. The van der Waals surface area contributed by atoms with Crippen LogP contribution in [0.2, 0.25) is 0 Å². The van der Waals surface area contributed by atoms with E-state index in [1.54, 1.807) is 44.3 Å². The average Bonchev–Trinajstić information content (AvgIpc) is 2.65. The Balaban J connectivity index is 1.82. The van der Waals surface area contributed by atoms with Crippen LogP contribution in [0.5, 0.6) is 5.75 Å². The number of non-ortho nitro benzene ring substituents is 1. The van der Waals surface area contributed by atoms with Crippen LogP contribution in [-0.4, -0.2) is 35.3 Å². The third-order valence-corrected chi connectivity index (χ3v) is 4.33. The summed E-state index contributed by atoms with van der Waals surface area (Å²) in [5.41, 5.74) is 1.57. The number of rotatable bonds is 4. The smallest absolute Gasteiger partial charge is 0.269 e. The summed E-state index contributed by atoms with van der Waals surface area (Å²) in [6.07, 6.45) is 0. The van der Waals surface area contributed by atoms with Crippen LogP contribution in [0.3, 0.4) is 0 Å². The molecule has 1 aliphatic rings. The second-order valence-corrected chi connectivity index (χ2v) is 5.99. The van der Waals surface area contributed by atoms with Gasteiger partial charge in [-0.1, -0.05) is 12.1 Å². The van der Waals surface area contributed by atoms with Gasteiger partial charge in [-0.05, 0) is 30.7 Å². The Hall–Kier alpha value is -3.42. The lowest BCUT2D eigenvalue weighted by atomic mass is 10.0. The Kier molecular flexibility index (Phi) is 4.57. The predicted octanol–water partition coefficient (Wildman–Crippen LogP) is 2.76. The molecule has 3 rings (SSSR count). The number of carbonyl (C=O) groups excluding carboxylic acids is 2. The number of nitro benzene ring substituents is 1. The van der Waals surface area contributed by atoms with E-state index in [0.29, 0.717) is 22.6 Å². The van der Waals surface area contributed by atoms with Crippen molar-refractivity contribution in [3.63, 3.8) is 0 Å². The molecular formula is C18H17N3O5. The van der Waals surface area contributed by atoms with Crippen LogP contribution in [0.4, 0.5) is 11.4 Å². The number of ether oxygens (including phenoxy) is 1. The highest BCUT2D eigenvalue weighted by atomic mass is 16.6. The van der Waals surface area contributed by atoms with Crippen molar-refractivity contribution in [2.24, 2.45) is 0 Å². The first kappa shape index (κ1) is 17.4. The van der Waals surface area contributed by atoms with Gasteiger partial charge >= 0.3 is 0 Å². The molecular weight excluding hydrogens is 338 g/mol. The number of hydrogen-bond acceptors (Lipinski definition) is 5. The molecule has 26 heavy (non-hydrogen) atoms. The highest BCUT2D eigenvalue weighted by molar-refractivity contribution is 5.99. The quantitative estimate of drug-likeness (QED) is 0.671. The number of nitro groups is 1. The van der Waals surface area contributed by atoms with Crippen molar-refractivity contribution in [2.75, 3.05) is 19.0 Å². The van der Waals surface area contributed by atoms with Crippen molar-refractivity contribution < 1.29 is 19.2 Å². The lowest BCUT2D eigenvalue weighted by molar-refractivity contribution is -0.384. The number of nitrogens with zero attached hydrogens (tertiary/aromatic N) is 2. The van der Waals surface area contributed by atoms with E-state index in [-0.39, 0.29) is 30.2 Å². The van der Waals surface area contributed by atoms with Gasteiger partial charge < -0.3 is 15.0 Å². The van der Waals surface area contributed by atoms with Gasteiger partial charge in [0.05, 0.1) is 16.7 Å². The van der Waals surface area contributed by atoms with Crippen molar-refractivity contribution >= 4 is 23.2 Å². The van der Waals surface area contributed by atoms with Crippen LogP contribution in [0.25, 0.3) is 0 Å². The maximum atomic E-state index is 12.8. The van der Waals surface area contributed by atoms with Crippen LogP contribution in [0.1, 0.15) is 28.9 Å². The molecule has 2 aromatic carbocycles. The van der Waals surface area contributed by atoms with Gasteiger partial charge in [-0.15, -0.1) is 0 Å². The monoisotopic (exact) mass is 355 g/mol. The van der Waals surface area contributed by atoms with Gasteiger partial charge in [-0.25, -0.2) is 0 Å². The molecule has 0 fully saturated rings. The van der Waals surface area contributed by atoms with Crippen molar-refractivity contribution in [3.8, 4) is 5.75 Å². The third-order valence-electron chi connectivity index (χ3n) is 4.33. The first-order chi connectivity index (χ1) is 12.4. The van der Waals surface area contributed by atoms with Gasteiger partial charge in [0.2, 0.25) is 0 Å². The lowest BCUT2D eigenvalue weighted by Crippen LogP contribution is -2.30. The Morgan fingerprint density at radius 2 is 2.08 bits per heavy atom. The average molecular weight is 355 g/mol. The minimum Gasteiger partial charge on any atom is -0.482 e. The molecule has 0 bridgehead atoms. The van der Waals surface area contributed by atoms with E-state index in [1.165, 1.54) is 17.0 Å². The van der Waals surface area contributed by atoms with Crippen LogP contribution in [-0.2, 0) is 4.79 Å². The highest BCUT2D eigenvalue weighted by Gasteiger charge is 2.23. The molecule has 2 aromatic rings. The van der Waals surface area contributed by atoms with Crippen LogP contribution >= 0.6 is 0 Å². The molecule has 1 heterocycles. The van der Waals surface area contributed by atoms with Crippen molar-refractivity contribution in [1.82, 2.24) is 4.90 Å². The summed E-state index contributed by atoms with van der Waals surface area (Å²) in [6, 6.07) is 10.6. The number of carbonyl (C=O) groups is 2. The van der Waals surface area contributed by atoms with E-state index in [1.807, 2.05) is 0 Å². The molecule has 1 aliphatic heterocycles. The Morgan fingerprint density at radius 1 is 1.31 bits per heavy atom. The summed E-state index contributed by atoms with van der Waals surface area (Å²) >= 11 is 0. The van der Waals surface area contributed by atoms with Gasteiger partial charge in [0, 0.05) is 24.7 Å². The topological polar surface area (TPSA) is 102 Å². The largest absolute Gasteiger partial charge is 0.482 e. The van der Waals surface area contributed by atoms with Crippen LogP contribution in [0, 0.1) is 10.1 Å². The fraction of sp³-hybridized carbons (Fsp3) is 0.222. The molecule has 2 amide bonds. The molecule has 1 unspecified atom stereocenters. The van der Waals surface area contributed by atoms with Gasteiger partial charge in [-0.3, -0.25) is 19.7 Å². The SMILES string of the molecule is CC(c1cccc([N+](=O)[O-])c1)N(C)C(=O)c1ccc2c(c1)OCC(=O)N2. The third kappa shape index (κ3) is 3.34. The van der Waals surface area contributed by atoms with Crippen LogP contribution < -0.4 is 10.1 Å². The lowest BCUT2D eigenvalue weighted by Gasteiger charge is -2.26. The van der Waals surface area contributed by atoms with Crippen molar-refractivity contribution in [3.05, 3.63) is 63.7 Å². The van der Waals surface area contributed by atoms with Gasteiger partial charge in [-0.2, -0.15) is 0 Å². The molecule has 0 radical (unpaired) electrons. The van der Waals surface area contributed by atoms with E-state index < -0.39 is 4.92 Å². The molecule has 134 valence electrons. The molecule has 0 aliphatic carbocycles. The van der Waals surface area contributed by atoms with E-state index in [0.717, 1.165) is 0 Å². The zero-order valence-electron chi connectivity index (χ0n) is 14.3.